The number of carbonyl (C=O) groups excluding carboxylic acids is 2. The smallest absolute Gasteiger partial charge is 0.240 e. The van der Waals surface area contributed by atoms with E-state index in [0.29, 0.717) is 5.13 Å². The van der Waals surface area contributed by atoms with Crippen LogP contribution in [-0.4, -0.2) is 16.8 Å². The van der Waals surface area contributed by atoms with Crippen molar-refractivity contribution in [1.82, 2.24) is 4.98 Å². The molecule has 2 atom stereocenters. The molecule has 0 N–H and O–H groups in total. The van der Waals surface area contributed by atoms with Crippen molar-refractivity contribution in [2.75, 3.05) is 4.90 Å². The van der Waals surface area contributed by atoms with E-state index in [0.717, 1.165) is 11.3 Å². The first-order valence-corrected chi connectivity index (χ1v) is 11.7. The lowest BCUT2D eigenvalue weighted by Gasteiger charge is -2.45. The van der Waals surface area contributed by atoms with Gasteiger partial charge in [0.05, 0.1) is 17.5 Å². The summed E-state index contributed by atoms with van der Waals surface area (Å²) in [5.41, 5.74) is 6.50. The molecule has 5 heteroatoms. The number of anilines is 1. The predicted molar refractivity (Wildman–Crippen MR) is 124 cm³/mol. The summed E-state index contributed by atoms with van der Waals surface area (Å²) in [4.78, 5) is 33.6. The molecule has 1 aromatic heterocycles. The van der Waals surface area contributed by atoms with Crippen molar-refractivity contribution >= 4 is 28.3 Å². The van der Waals surface area contributed by atoms with Crippen LogP contribution in [-0.2, 0) is 9.59 Å². The second kappa shape index (κ2) is 6.47. The molecular formula is C27H18N2O2S. The monoisotopic (exact) mass is 434 g/mol. The fourth-order valence-electron chi connectivity index (χ4n) is 5.97. The molecule has 2 heterocycles. The molecule has 1 aliphatic heterocycles. The number of hydrogen-bond donors (Lipinski definition) is 0. The highest BCUT2D eigenvalue weighted by Gasteiger charge is 2.62. The molecule has 0 saturated carbocycles. The zero-order valence-corrected chi connectivity index (χ0v) is 17.8. The summed E-state index contributed by atoms with van der Waals surface area (Å²) in [6.45, 7) is 0. The highest BCUT2D eigenvalue weighted by atomic mass is 32.1. The van der Waals surface area contributed by atoms with E-state index in [1.165, 1.54) is 38.5 Å². The minimum atomic E-state index is -0.374. The van der Waals surface area contributed by atoms with Gasteiger partial charge in [0, 0.05) is 22.8 Å². The average Bonchev–Trinajstić information content (AvgIpc) is 3.43. The summed E-state index contributed by atoms with van der Waals surface area (Å²) in [6.07, 6.45) is 0. The van der Waals surface area contributed by atoms with Crippen molar-refractivity contribution in [1.29, 1.82) is 0 Å². The Labute approximate surface area is 189 Å². The molecule has 8 rings (SSSR count). The number of thiazole rings is 1. The molecule has 0 spiro atoms. The largest absolute Gasteiger partial charge is 0.274 e. The van der Waals surface area contributed by atoms with Crippen LogP contribution in [0.5, 0.6) is 0 Å². The normalized spacial score (nSPS) is 24.9. The molecule has 0 unspecified atom stereocenters. The molecule has 2 amide bonds. The first kappa shape index (κ1) is 18.0. The van der Waals surface area contributed by atoms with Crippen molar-refractivity contribution in [3.05, 3.63) is 106 Å². The van der Waals surface area contributed by atoms with Gasteiger partial charge in [-0.1, -0.05) is 78.9 Å². The lowest BCUT2D eigenvalue weighted by Crippen LogP contribution is -2.41. The predicted octanol–water partition coefficient (Wildman–Crippen LogP) is 5.21. The van der Waals surface area contributed by atoms with Crippen LogP contribution in [0.15, 0.2) is 84.2 Å². The Morgan fingerprint density at radius 1 is 0.656 bits per heavy atom. The van der Waals surface area contributed by atoms with Crippen LogP contribution in [0, 0.1) is 11.8 Å². The number of amides is 2. The van der Waals surface area contributed by atoms with Crippen LogP contribution < -0.4 is 4.90 Å². The zero-order valence-electron chi connectivity index (χ0n) is 17.0. The fraction of sp³-hybridized carbons (Fsp3) is 0.148. The first-order chi connectivity index (χ1) is 15.7. The minimum absolute atomic E-state index is 0.0904. The van der Waals surface area contributed by atoms with Gasteiger partial charge in [-0.3, -0.25) is 9.59 Å². The van der Waals surface area contributed by atoms with E-state index in [4.69, 9.17) is 4.98 Å². The van der Waals surface area contributed by atoms with Crippen LogP contribution in [0.3, 0.4) is 0 Å². The second-order valence-electron chi connectivity index (χ2n) is 8.66. The third-order valence-corrected chi connectivity index (χ3v) is 8.03. The number of hydrogen-bond acceptors (Lipinski definition) is 4. The Morgan fingerprint density at radius 3 is 1.62 bits per heavy atom. The van der Waals surface area contributed by atoms with Gasteiger partial charge >= 0.3 is 0 Å². The molecule has 2 bridgehead atoms. The number of nitrogens with zero attached hydrogens (tertiary/aromatic N) is 2. The molecule has 1 saturated heterocycles. The zero-order chi connectivity index (χ0) is 21.4. The Bertz CT molecular complexity index is 1290. The second-order valence-corrected chi connectivity index (χ2v) is 9.49. The van der Waals surface area contributed by atoms with E-state index in [1.807, 2.05) is 60.0 Å². The van der Waals surface area contributed by atoms with Gasteiger partial charge < -0.3 is 0 Å². The highest BCUT2D eigenvalue weighted by Crippen LogP contribution is 2.61. The summed E-state index contributed by atoms with van der Waals surface area (Å²) in [5, 5.41) is 2.39. The molecule has 4 nitrogen and oxygen atoms in total. The van der Waals surface area contributed by atoms with Crippen molar-refractivity contribution in [3.63, 3.8) is 0 Å². The van der Waals surface area contributed by atoms with Crippen LogP contribution >= 0.6 is 11.3 Å². The minimum Gasteiger partial charge on any atom is -0.274 e. The molecule has 4 aromatic rings. The van der Waals surface area contributed by atoms with E-state index in [9.17, 15) is 9.59 Å². The van der Waals surface area contributed by atoms with Gasteiger partial charge in [-0.2, -0.15) is 0 Å². The Hall–Kier alpha value is -3.57. The highest BCUT2D eigenvalue weighted by molar-refractivity contribution is 7.14. The summed E-state index contributed by atoms with van der Waals surface area (Å²) >= 11 is 1.36. The van der Waals surface area contributed by atoms with Gasteiger partial charge in [-0.15, -0.1) is 11.3 Å². The summed E-state index contributed by atoms with van der Waals surface area (Å²) in [6, 6.07) is 26.5. The van der Waals surface area contributed by atoms with Crippen LogP contribution in [0.4, 0.5) is 5.13 Å². The maximum Gasteiger partial charge on any atom is 0.240 e. The molecule has 3 aromatic carbocycles. The quantitative estimate of drug-likeness (QED) is 0.407. The molecule has 3 aliphatic carbocycles. The van der Waals surface area contributed by atoms with Gasteiger partial charge in [0.1, 0.15) is 0 Å². The van der Waals surface area contributed by atoms with E-state index in [2.05, 4.69) is 24.3 Å². The molecule has 32 heavy (non-hydrogen) atoms. The Balaban J connectivity index is 1.36. The van der Waals surface area contributed by atoms with E-state index in [1.54, 1.807) is 0 Å². The van der Waals surface area contributed by atoms with E-state index < -0.39 is 0 Å². The third kappa shape index (κ3) is 2.24. The van der Waals surface area contributed by atoms with Gasteiger partial charge in [0.25, 0.3) is 0 Å². The Morgan fingerprint density at radius 2 is 1.12 bits per heavy atom. The number of carbonyl (C=O) groups is 2. The van der Waals surface area contributed by atoms with Crippen molar-refractivity contribution in [2.45, 2.75) is 11.8 Å². The van der Waals surface area contributed by atoms with Crippen LogP contribution in [0.2, 0.25) is 0 Å². The van der Waals surface area contributed by atoms with Gasteiger partial charge in [-0.25, -0.2) is 9.88 Å². The lowest BCUT2D eigenvalue weighted by molar-refractivity contribution is -0.122. The Kier molecular flexibility index (Phi) is 3.65. The first-order valence-electron chi connectivity index (χ1n) is 10.8. The molecule has 1 fully saturated rings. The number of benzene rings is 3. The van der Waals surface area contributed by atoms with Crippen LogP contribution in [0.25, 0.3) is 11.3 Å². The van der Waals surface area contributed by atoms with E-state index >= 15 is 0 Å². The van der Waals surface area contributed by atoms with Gasteiger partial charge in [0.15, 0.2) is 5.13 Å². The van der Waals surface area contributed by atoms with Crippen molar-refractivity contribution in [3.8, 4) is 11.3 Å². The molecular weight excluding hydrogens is 416 g/mol. The summed E-state index contributed by atoms with van der Waals surface area (Å²) < 4.78 is 0. The molecule has 4 aliphatic rings. The fourth-order valence-corrected chi connectivity index (χ4v) is 6.82. The molecule has 0 radical (unpaired) electrons. The summed E-state index contributed by atoms with van der Waals surface area (Å²) in [5.74, 6) is -1.16. The lowest BCUT2D eigenvalue weighted by atomic mass is 9.55. The van der Waals surface area contributed by atoms with Crippen molar-refractivity contribution < 1.29 is 9.59 Å². The summed E-state index contributed by atoms with van der Waals surface area (Å²) in [7, 11) is 0. The van der Waals surface area contributed by atoms with Gasteiger partial charge in [-0.05, 0) is 22.3 Å². The maximum absolute atomic E-state index is 13.8. The van der Waals surface area contributed by atoms with Crippen molar-refractivity contribution in [2.24, 2.45) is 11.8 Å². The topological polar surface area (TPSA) is 50.3 Å². The average molecular weight is 435 g/mol. The van der Waals surface area contributed by atoms with E-state index in [-0.39, 0.29) is 35.5 Å². The number of aromatic nitrogens is 1. The molecule has 154 valence electrons. The third-order valence-electron chi connectivity index (χ3n) is 7.20. The SMILES string of the molecule is O=C1[C@@H]2C3c4ccccc4C(c4ccccc43)[C@H]2C(=O)N1c1nc(-c2ccccc2)cs1. The number of imide groups is 1. The standard InChI is InChI=1S/C27H18N2O2S/c30-25-23-21-16-10-4-5-11-17(16)22(19-13-7-6-12-18(19)21)24(23)26(31)29(25)27-28-20(14-32-27)15-8-2-1-3-9-15/h1-14,21-24H/t21?,22?,23-,24-/m1/s1. The van der Waals surface area contributed by atoms with Gasteiger partial charge in [0.2, 0.25) is 11.8 Å². The van der Waals surface area contributed by atoms with Crippen LogP contribution in [0.1, 0.15) is 34.1 Å². The maximum atomic E-state index is 13.8. The number of rotatable bonds is 2.